The van der Waals surface area contributed by atoms with Gasteiger partial charge in [-0.2, -0.15) is 0 Å². The fraction of sp³-hybridized carbons (Fsp3) is 0.111. The second-order valence-electron chi connectivity index (χ2n) is 5.18. The maximum atomic E-state index is 12.3. The number of fused-ring (bicyclic) bond motifs is 1. The van der Waals surface area contributed by atoms with Gasteiger partial charge in [0, 0.05) is 5.39 Å². The smallest absolute Gasteiger partial charge is 0.245 e. The molecule has 3 rings (SSSR count). The molecule has 1 amide bonds. The third-order valence-electron chi connectivity index (χ3n) is 3.79. The van der Waals surface area contributed by atoms with Gasteiger partial charge in [0.05, 0.1) is 24.7 Å². The second-order valence-corrected chi connectivity index (χ2v) is 5.18. The van der Waals surface area contributed by atoms with Crippen LogP contribution in [-0.2, 0) is 4.79 Å². The van der Waals surface area contributed by atoms with E-state index in [1.165, 1.54) is 0 Å². The maximum Gasteiger partial charge on any atom is 0.245 e. The third kappa shape index (κ3) is 3.00. The van der Waals surface area contributed by atoms with Gasteiger partial charge in [0.15, 0.2) is 0 Å². The molecule has 0 aliphatic rings. The molecule has 0 bridgehead atoms. The first kappa shape index (κ1) is 15.0. The molecule has 1 unspecified atom stereocenters. The number of methoxy groups -OCH3 is 1. The summed E-state index contributed by atoms with van der Waals surface area (Å²) in [6.45, 7) is 0. The maximum absolute atomic E-state index is 12.3. The highest BCUT2D eigenvalue weighted by molar-refractivity contribution is 5.89. The number of ether oxygens (including phenoxy) is 1. The largest absolute Gasteiger partial charge is 0.495 e. The fourth-order valence-corrected chi connectivity index (χ4v) is 2.65. The van der Waals surface area contributed by atoms with Gasteiger partial charge in [0.2, 0.25) is 5.91 Å². The van der Waals surface area contributed by atoms with Crippen molar-refractivity contribution in [2.75, 3.05) is 7.11 Å². The summed E-state index contributed by atoms with van der Waals surface area (Å²) in [5.41, 5.74) is 4.82. The van der Waals surface area contributed by atoms with E-state index in [0.717, 1.165) is 22.0 Å². The number of hydrazine groups is 1. The van der Waals surface area contributed by atoms with E-state index in [2.05, 4.69) is 10.4 Å². The lowest BCUT2D eigenvalue weighted by Gasteiger charge is -2.17. The van der Waals surface area contributed by atoms with Gasteiger partial charge in [-0.05, 0) is 29.3 Å². The van der Waals surface area contributed by atoms with Crippen molar-refractivity contribution in [1.82, 2.24) is 10.4 Å². The number of carbonyl (C=O) groups excluding carboxylic acids is 1. The van der Waals surface area contributed by atoms with E-state index in [0.29, 0.717) is 5.75 Å². The molecule has 0 fully saturated rings. The van der Waals surface area contributed by atoms with E-state index in [9.17, 15) is 4.79 Å². The van der Waals surface area contributed by atoms with Crippen molar-refractivity contribution in [3.8, 4) is 5.75 Å². The predicted octanol–water partition coefficient (Wildman–Crippen LogP) is 2.37. The molecule has 1 atom stereocenters. The SMILES string of the molecule is COc1cnc2ccc(C(C(=O)NN)c3ccccc3)cc2c1. The zero-order valence-electron chi connectivity index (χ0n) is 12.7. The van der Waals surface area contributed by atoms with E-state index in [4.69, 9.17) is 10.6 Å². The summed E-state index contributed by atoms with van der Waals surface area (Å²) in [5, 5.41) is 0.910. The molecule has 116 valence electrons. The zero-order valence-corrected chi connectivity index (χ0v) is 12.7. The lowest BCUT2D eigenvalue weighted by Crippen LogP contribution is -2.35. The van der Waals surface area contributed by atoms with Crippen molar-refractivity contribution < 1.29 is 9.53 Å². The van der Waals surface area contributed by atoms with Gasteiger partial charge < -0.3 is 4.74 Å². The minimum absolute atomic E-state index is 0.258. The van der Waals surface area contributed by atoms with Crippen LogP contribution in [0.5, 0.6) is 5.75 Å². The molecule has 2 aromatic carbocycles. The highest BCUT2D eigenvalue weighted by Gasteiger charge is 2.22. The molecule has 5 heteroatoms. The van der Waals surface area contributed by atoms with Crippen molar-refractivity contribution in [2.24, 2.45) is 5.84 Å². The van der Waals surface area contributed by atoms with Gasteiger partial charge in [-0.15, -0.1) is 0 Å². The summed E-state index contributed by atoms with van der Waals surface area (Å²) in [6.07, 6.45) is 1.67. The Hall–Kier alpha value is -2.92. The molecule has 0 aliphatic heterocycles. The van der Waals surface area contributed by atoms with E-state index in [1.807, 2.05) is 54.6 Å². The van der Waals surface area contributed by atoms with E-state index < -0.39 is 5.92 Å². The Morgan fingerprint density at radius 3 is 2.61 bits per heavy atom. The molecule has 0 saturated carbocycles. The molecule has 1 heterocycles. The number of nitrogens with one attached hydrogen (secondary N) is 1. The van der Waals surface area contributed by atoms with Gasteiger partial charge in [-0.3, -0.25) is 15.2 Å². The number of pyridine rings is 1. The Bertz CT molecular complexity index is 834. The van der Waals surface area contributed by atoms with Crippen LogP contribution in [0.25, 0.3) is 10.9 Å². The summed E-state index contributed by atoms with van der Waals surface area (Å²) >= 11 is 0. The number of nitrogens with zero attached hydrogens (tertiary/aromatic N) is 1. The monoisotopic (exact) mass is 307 g/mol. The lowest BCUT2D eigenvalue weighted by atomic mass is 9.90. The van der Waals surface area contributed by atoms with Crippen molar-refractivity contribution in [1.29, 1.82) is 0 Å². The first-order valence-corrected chi connectivity index (χ1v) is 7.22. The normalized spacial score (nSPS) is 11.9. The van der Waals surface area contributed by atoms with Crippen LogP contribution in [0.1, 0.15) is 17.0 Å². The Kier molecular flexibility index (Phi) is 4.21. The van der Waals surface area contributed by atoms with E-state index in [1.54, 1.807) is 13.3 Å². The summed E-state index contributed by atoms with van der Waals surface area (Å²) in [4.78, 5) is 16.6. The van der Waals surface area contributed by atoms with Crippen LogP contribution in [0.15, 0.2) is 60.8 Å². The highest BCUT2D eigenvalue weighted by atomic mass is 16.5. The van der Waals surface area contributed by atoms with Gasteiger partial charge in [-0.25, -0.2) is 5.84 Å². The van der Waals surface area contributed by atoms with Crippen LogP contribution in [0.4, 0.5) is 0 Å². The summed E-state index contributed by atoms with van der Waals surface area (Å²) < 4.78 is 5.21. The molecule has 0 aliphatic carbocycles. The van der Waals surface area contributed by atoms with Gasteiger partial charge in [-0.1, -0.05) is 36.4 Å². The van der Waals surface area contributed by atoms with Crippen LogP contribution in [0.3, 0.4) is 0 Å². The van der Waals surface area contributed by atoms with Gasteiger partial charge in [0.25, 0.3) is 0 Å². The first-order valence-electron chi connectivity index (χ1n) is 7.22. The Morgan fingerprint density at radius 2 is 1.91 bits per heavy atom. The zero-order chi connectivity index (χ0) is 16.2. The van der Waals surface area contributed by atoms with Crippen LogP contribution in [0, 0.1) is 0 Å². The number of benzene rings is 2. The average molecular weight is 307 g/mol. The summed E-state index contributed by atoms with van der Waals surface area (Å²) in [6, 6.07) is 17.2. The third-order valence-corrected chi connectivity index (χ3v) is 3.79. The number of aromatic nitrogens is 1. The van der Waals surface area contributed by atoms with Crippen LogP contribution >= 0.6 is 0 Å². The molecule has 3 N–H and O–H groups in total. The second kappa shape index (κ2) is 6.46. The predicted molar refractivity (Wildman–Crippen MR) is 88.9 cm³/mol. The molecule has 0 spiro atoms. The molecular weight excluding hydrogens is 290 g/mol. The molecule has 0 radical (unpaired) electrons. The first-order chi connectivity index (χ1) is 11.2. The number of carbonyl (C=O) groups is 1. The Labute approximate surface area is 134 Å². The molecule has 23 heavy (non-hydrogen) atoms. The Morgan fingerprint density at radius 1 is 1.13 bits per heavy atom. The van der Waals surface area contributed by atoms with Gasteiger partial charge in [0.1, 0.15) is 5.75 Å². The molecule has 0 saturated heterocycles. The van der Waals surface area contributed by atoms with E-state index >= 15 is 0 Å². The average Bonchev–Trinajstić information content (AvgIpc) is 2.62. The summed E-state index contributed by atoms with van der Waals surface area (Å²) in [5.74, 6) is 5.32. The molecule has 5 nitrogen and oxygen atoms in total. The fourth-order valence-electron chi connectivity index (χ4n) is 2.65. The quantitative estimate of drug-likeness (QED) is 0.441. The lowest BCUT2D eigenvalue weighted by molar-refractivity contribution is -0.121. The number of amides is 1. The molecular formula is C18H17N3O2. The van der Waals surface area contributed by atoms with Gasteiger partial charge >= 0.3 is 0 Å². The van der Waals surface area contributed by atoms with Crippen molar-refractivity contribution >= 4 is 16.8 Å². The molecule has 1 aromatic heterocycles. The van der Waals surface area contributed by atoms with Crippen LogP contribution < -0.4 is 16.0 Å². The number of nitrogens with two attached hydrogens (primary N) is 1. The molecule has 3 aromatic rings. The van der Waals surface area contributed by atoms with Crippen molar-refractivity contribution in [2.45, 2.75) is 5.92 Å². The number of rotatable bonds is 4. The minimum Gasteiger partial charge on any atom is -0.495 e. The number of hydrogen-bond acceptors (Lipinski definition) is 4. The van der Waals surface area contributed by atoms with Crippen molar-refractivity contribution in [3.05, 3.63) is 71.9 Å². The summed E-state index contributed by atoms with van der Waals surface area (Å²) in [7, 11) is 1.60. The standard InChI is InChI=1S/C18H17N3O2/c1-23-15-10-14-9-13(7-8-16(14)20-11-15)17(18(22)21-19)12-5-3-2-4-6-12/h2-11,17H,19H2,1H3,(H,21,22). The minimum atomic E-state index is -0.475. The van der Waals surface area contributed by atoms with Crippen LogP contribution in [-0.4, -0.2) is 18.0 Å². The van der Waals surface area contributed by atoms with E-state index in [-0.39, 0.29) is 5.91 Å². The highest BCUT2D eigenvalue weighted by Crippen LogP contribution is 2.28. The Balaban J connectivity index is 2.12. The topological polar surface area (TPSA) is 77.2 Å². The van der Waals surface area contributed by atoms with Crippen LogP contribution in [0.2, 0.25) is 0 Å². The number of hydrogen-bond donors (Lipinski definition) is 2. The van der Waals surface area contributed by atoms with Crippen molar-refractivity contribution in [3.63, 3.8) is 0 Å².